The van der Waals surface area contributed by atoms with E-state index in [-0.39, 0.29) is 29.9 Å². The quantitative estimate of drug-likeness (QED) is 0.141. The van der Waals surface area contributed by atoms with E-state index in [1.54, 1.807) is 0 Å². The van der Waals surface area contributed by atoms with Gasteiger partial charge in [0.05, 0.1) is 18.6 Å². The minimum Gasteiger partial charge on any atom is -0.423 e. The predicted molar refractivity (Wildman–Crippen MR) is 162 cm³/mol. The summed E-state index contributed by atoms with van der Waals surface area (Å²) in [7, 11) is 0. The summed E-state index contributed by atoms with van der Waals surface area (Å²) in [4.78, 5) is 12.9. The summed E-state index contributed by atoms with van der Waals surface area (Å²) < 4.78 is 41.2. The highest BCUT2D eigenvalue weighted by Crippen LogP contribution is 2.43. The van der Waals surface area contributed by atoms with Gasteiger partial charge in [-0.05, 0) is 105 Å². The Morgan fingerprint density at radius 1 is 0.829 bits per heavy atom. The van der Waals surface area contributed by atoms with Gasteiger partial charge in [0.1, 0.15) is 0 Å². The van der Waals surface area contributed by atoms with E-state index in [1.807, 2.05) is 0 Å². The van der Waals surface area contributed by atoms with Gasteiger partial charge in [0.2, 0.25) is 5.82 Å². The Hall–Kier alpha value is -1.49. The molecule has 1 aromatic carbocycles. The van der Waals surface area contributed by atoms with Gasteiger partial charge in [-0.15, -0.1) is 0 Å². The maximum Gasteiger partial charge on any atom is 0.314 e. The maximum atomic E-state index is 14.9. The molecule has 232 valence electrons. The molecule has 0 unspecified atom stereocenters. The van der Waals surface area contributed by atoms with E-state index in [9.17, 15) is 13.6 Å². The molecule has 0 spiro atoms. The highest BCUT2D eigenvalue weighted by atomic mass is 19.2. The molecule has 3 saturated carbocycles. The van der Waals surface area contributed by atoms with Crippen LogP contribution in [-0.2, 0) is 16.1 Å². The lowest BCUT2D eigenvalue weighted by Gasteiger charge is -2.38. The van der Waals surface area contributed by atoms with Crippen molar-refractivity contribution in [1.29, 1.82) is 0 Å². The van der Waals surface area contributed by atoms with E-state index in [0.717, 1.165) is 69.6 Å². The summed E-state index contributed by atoms with van der Waals surface area (Å²) in [6.07, 6.45) is 19.8. The summed E-state index contributed by atoms with van der Waals surface area (Å²) in [5.41, 5.74) is 0.512. The van der Waals surface area contributed by atoms with Crippen molar-refractivity contribution in [3.63, 3.8) is 0 Å². The summed E-state index contributed by atoms with van der Waals surface area (Å²) in [6.45, 7) is 9.21. The fourth-order valence-electron chi connectivity index (χ4n) is 7.92. The van der Waals surface area contributed by atoms with Crippen LogP contribution in [0.3, 0.4) is 0 Å². The topological polar surface area (TPSA) is 35.5 Å². The van der Waals surface area contributed by atoms with Gasteiger partial charge in [0.15, 0.2) is 11.6 Å². The van der Waals surface area contributed by atoms with Crippen LogP contribution in [0.15, 0.2) is 12.1 Å². The van der Waals surface area contributed by atoms with Gasteiger partial charge in [0.25, 0.3) is 0 Å². The Morgan fingerprint density at radius 2 is 1.46 bits per heavy atom. The number of carbonyl (C=O) groups excluding carboxylic acids is 1. The van der Waals surface area contributed by atoms with Gasteiger partial charge in [0, 0.05) is 5.56 Å². The van der Waals surface area contributed by atoms with E-state index < -0.39 is 17.6 Å². The molecular weight excluding hydrogens is 518 g/mol. The van der Waals surface area contributed by atoms with Crippen LogP contribution in [0.2, 0.25) is 0 Å². The Kier molecular flexibility index (Phi) is 12.1. The molecule has 0 aromatic heterocycles. The van der Waals surface area contributed by atoms with E-state index in [1.165, 1.54) is 63.5 Å². The molecular formula is C36H56F2O3. The van der Waals surface area contributed by atoms with Crippen LogP contribution in [0.4, 0.5) is 8.78 Å². The van der Waals surface area contributed by atoms with Crippen molar-refractivity contribution in [2.75, 3.05) is 0 Å². The lowest BCUT2D eigenvalue weighted by Crippen LogP contribution is -2.30. The van der Waals surface area contributed by atoms with Crippen LogP contribution >= 0.6 is 0 Å². The second-order valence-electron chi connectivity index (χ2n) is 14.3. The first-order chi connectivity index (χ1) is 19.7. The number of benzene rings is 1. The monoisotopic (exact) mass is 574 g/mol. The fraction of sp³-hybridized carbons (Fsp3) is 0.806. The van der Waals surface area contributed by atoms with Crippen molar-refractivity contribution < 1.29 is 23.0 Å². The lowest BCUT2D eigenvalue weighted by atomic mass is 9.68. The van der Waals surface area contributed by atoms with Gasteiger partial charge < -0.3 is 9.47 Å². The number of hydrogen-bond donors (Lipinski definition) is 0. The molecule has 0 aliphatic heterocycles. The third-order valence-electron chi connectivity index (χ3n) is 11.4. The molecule has 3 nitrogen and oxygen atoms in total. The van der Waals surface area contributed by atoms with E-state index >= 15 is 0 Å². The van der Waals surface area contributed by atoms with Crippen LogP contribution in [0.1, 0.15) is 142 Å². The normalized spacial score (nSPS) is 29.3. The molecule has 3 aliphatic rings. The molecule has 0 heterocycles. The molecule has 3 fully saturated rings. The second-order valence-corrected chi connectivity index (χ2v) is 14.3. The zero-order valence-corrected chi connectivity index (χ0v) is 26.3. The number of esters is 1. The fourth-order valence-corrected chi connectivity index (χ4v) is 7.92. The summed E-state index contributed by atoms with van der Waals surface area (Å²) in [5.74, 6) is 0.0731. The van der Waals surface area contributed by atoms with Crippen LogP contribution in [0.5, 0.6) is 5.75 Å². The maximum absolute atomic E-state index is 14.9. The van der Waals surface area contributed by atoms with Crippen molar-refractivity contribution in [2.24, 2.45) is 35.0 Å². The largest absolute Gasteiger partial charge is 0.423 e. The van der Waals surface area contributed by atoms with Crippen molar-refractivity contribution in [2.45, 2.75) is 150 Å². The first-order valence-electron chi connectivity index (χ1n) is 17.0. The number of hydrogen-bond acceptors (Lipinski definition) is 3. The minimum absolute atomic E-state index is 0.0359. The molecule has 3 aliphatic carbocycles. The molecule has 5 heteroatoms. The first kappa shape index (κ1) is 32.4. The Balaban J connectivity index is 1.19. The average molecular weight is 575 g/mol. The minimum atomic E-state index is -1.09. The SMILES string of the molecule is CCCCCC1CCC(C2CCC(C(=O)Oc3ccc(COC4CCC(C(C)(C)CC)CC4)c(F)c3F)CC2)CC1. The third-order valence-corrected chi connectivity index (χ3v) is 11.4. The van der Waals surface area contributed by atoms with Gasteiger partial charge in [-0.2, -0.15) is 4.39 Å². The highest BCUT2D eigenvalue weighted by Gasteiger charge is 2.35. The van der Waals surface area contributed by atoms with Gasteiger partial charge in [-0.3, -0.25) is 4.79 Å². The van der Waals surface area contributed by atoms with Crippen molar-refractivity contribution in [1.82, 2.24) is 0 Å². The van der Waals surface area contributed by atoms with Gasteiger partial charge in [-0.25, -0.2) is 4.39 Å². The number of rotatable bonds is 12. The van der Waals surface area contributed by atoms with Crippen molar-refractivity contribution in [3.05, 3.63) is 29.3 Å². The molecule has 1 aromatic rings. The average Bonchev–Trinajstić information content (AvgIpc) is 3.00. The Morgan fingerprint density at radius 3 is 2.07 bits per heavy atom. The molecule has 41 heavy (non-hydrogen) atoms. The second kappa shape index (κ2) is 15.3. The standard InChI is InChI=1S/C36H56F2O3/c1-5-7-8-9-25-10-12-26(13-11-25)27-14-16-28(17-15-27)35(39)41-32-23-18-29(33(37)34(32)38)24-40-31-21-19-30(20-22-31)36(3,4)6-2/h18,23,25-28,30-31H,5-17,19-22,24H2,1-4H3. The first-order valence-corrected chi connectivity index (χ1v) is 17.0. The molecule has 0 bridgehead atoms. The van der Waals surface area contributed by atoms with Crippen molar-refractivity contribution >= 4 is 5.97 Å². The van der Waals surface area contributed by atoms with E-state index in [2.05, 4.69) is 27.7 Å². The number of ether oxygens (including phenoxy) is 2. The summed E-state index contributed by atoms with van der Waals surface area (Å²) in [6, 6.07) is 2.89. The molecule has 0 saturated heterocycles. The van der Waals surface area contributed by atoms with E-state index in [0.29, 0.717) is 17.3 Å². The predicted octanol–water partition coefficient (Wildman–Crippen LogP) is 10.6. The van der Waals surface area contributed by atoms with Gasteiger partial charge >= 0.3 is 5.97 Å². The number of halogens is 2. The van der Waals surface area contributed by atoms with Crippen LogP contribution < -0.4 is 4.74 Å². The molecule has 0 amide bonds. The molecule has 0 N–H and O–H groups in total. The smallest absolute Gasteiger partial charge is 0.314 e. The van der Waals surface area contributed by atoms with Crippen LogP contribution in [0.25, 0.3) is 0 Å². The third kappa shape index (κ3) is 8.77. The molecule has 4 rings (SSSR count). The zero-order chi connectivity index (χ0) is 29.4. The number of unbranched alkanes of at least 4 members (excludes halogenated alkanes) is 2. The Bertz CT molecular complexity index is 952. The highest BCUT2D eigenvalue weighted by molar-refractivity contribution is 5.75. The van der Waals surface area contributed by atoms with Crippen molar-refractivity contribution in [3.8, 4) is 5.75 Å². The number of carbonyl (C=O) groups is 1. The molecule has 0 radical (unpaired) electrons. The summed E-state index contributed by atoms with van der Waals surface area (Å²) >= 11 is 0. The van der Waals surface area contributed by atoms with Crippen LogP contribution in [-0.4, -0.2) is 12.1 Å². The Labute approximate surface area is 248 Å². The summed E-state index contributed by atoms with van der Waals surface area (Å²) in [5, 5.41) is 0. The van der Waals surface area contributed by atoms with Gasteiger partial charge in [-0.1, -0.05) is 72.6 Å². The lowest BCUT2D eigenvalue weighted by molar-refractivity contribution is -0.140. The molecule has 0 atom stereocenters. The van der Waals surface area contributed by atoms with E-state index in [4.69, 9.17) is 9.47 Å². The van der Waals surface area contributed by atoms with Crippen LogP contribution in [0, 0.1) is 46.6 Å². The zero-order valence-electron chi connectivity index (χ0n) is 26.3.